The highest BCUT2D eigenvalue weighted by molar-refractivity contribution is 5.80. The van der Waals surface area contributed by atoms with Crippen LogP contribution in [-0.4, -0.2) is 25.3 Å². The molecule has 0 aliphatic rings. The van der Waals surface area contributed by atoms with Crippen LogP contribution in [0.15, 0.2) is 102 Å². The van der Waals surface area contributed by atoms with Gasteiger partial charge < -0.3 is 4.90 Å². The summed E-state index contributed by atoms with van der Waals surface area (Å²) in [6.07, 6.45) is -1.36. The third kappa shape index (κ3) is 6.49. The Balaban J connectivity index is 1.60. The number of halogens is 3. The second-order valence-electron chi connectivity index (χ2n) is 9.98. The van der Waals surface area contributed by atoms with Gasteiger partial charge in [-0.1, -0.05) is 36.3 Å². The number of benzene rings is 3. The SMILES string of the molecule is CC#Cc1ccc(-n2c(C(C)N(Cc3cccnc3)C(=O)Cc3ccc(C(F)(F)F)cc3)nc3ccccc3c2=O)cc1. The molecule has 0 saturated carbocycles. The minimum Gasteiger partial charge on any atom is -0.328 e. The molecule has 0 aliphatic heterocycles. The number of alkyl halides is 3. The summed E-state index contributed by atoms with van der Waals surface area (Å²) in [5, 5.41) is 0.422. The van der Waals surface area contributed by atoms with Gasteiger partial charge in [-0.2, -0.15) is 13.2 Å². The molecule has 216 valence electrons. The average molecular weight is 581 g/mol. The Labute approximate surface area is 246 Å². The second kappa shape index (κ2) is 12.3. The number of amides is 1. The van der Waals surface area contributed by atoms with E-state index in [1.54, 1.807) is 73.6 Å². The molecule has 2 heterocycles. The molecule has 2 aromatic heterocycles. The largest absolute Gasteiger partial charge is 0.416 e. The van der Waals surface area contributed by atoms with Crippen LogP contribution in [0.5, 0.6) is 0 Å². The summed E-state index contributed by atoms with van der Waals surface area (Å²) in [6, 6.07) is 21.6. The molecule has 9 heteroatoms. The Morgan fingerprint density at radius 1 is 0.953 bits per heavy atom. The third-order valence-corrected chi connectivity index (χ3v) is 7.07. The second-order valence-corrected chi connectivity index (χ2v) is 9.98. The lowest BCUT2D eigenvalue weighted by Crippen LogP contribution is -2.38. The number of carbonyl (C=O) groups excluding carboxylic acids is 1. The summed E-state index contributed by atoms with van der Waals surface area (Å²) in [7, 11) is 0. The zero-order valence-corrected chi connectivity index (χ0v) is 23.5. The number of rotatable bonds is 7. The van der Waals surface area contributed by atoms with Gasteiger partial charge in [0.05, 0.1) is 34.6 Å². The van der Waals surface area contributed by atoms with Crippen molar-refractivity contribution in [1.82, 2.24) is 19.4 Å². The highest BCUT2D eigenvalue weighted by Gasteiger charge is 2.31. The summed E-state index contributed by atoms with van der Waals surface area (Å²) in [5.41, 5.74) is 1.92. The predicted molar refractivity (Wildman–Crippen MR) is 158 cm³/mol. The zero-order chi connectivity index (χ0) is 30.6. The molecule has 5 rings (SSSR count). The molecule has 0 bridgehead atoms. The monoisotopic (exact) mass is 580 g/mol. The van der Waals surface area contributed by atoms with E-state index in [9.17, 15) is 22.8 Å². The van der Waals surface area contributed by atoms with Crippen LogP contribution >= 0.6 is 0 Å². The van der Waals surface area contributed by atoms with Crippen molar-refractivity contribution in [3.8, 4) is 17.5 Å². The van der Waals surface area contributed by atoms with Crippen LogP contribution in [0.1, 0.15) is 48.0 Å². The minimum absolute atomic E-state index is 0.141. The van der Waals surface area contributed by atoms with Gasteiger partial charge in [0.2, 0.25) is 5.91 Å². The summed E-state index contributed by atoms with van der Waals surface area (Å²) >= 11 is 0. The van der Waals surface area contributed by atoms with Crippen LogP contribution in [0.2, 0.25) is 0 Å². The predicted octanol–water partition coefficient (Wildman–Crippen LogP) is 6.50. The van der Waals surface area contributed by atoms with Gasteiger partial charge in [0, 0.05) is 24.5 Å². The first-order valence-electron chi connectivity index (χ1n) is 13.5. The third-order valence-electron chi connectivity index (χ3n) is 7.07. The first-order valence-corrected chi connectivity index (χ1v) is 13.5. The van der Waals surface area contributed by atoms with Crippen LogP contribution in [0.4, 0.5) is 13.2 Å². The van der Waals surface area contributed by atoms with Gasteiger partial charge in [0.15, 0.2) is 0 Å². The molecule has 1 unspecified atom stereocenters. The molecule has 43 heavy (non-hydrogen) atoms. The summed E-state index contributed by atoms with van der Waals surface area (Å²) in [4.78, 5) is 38.4. The van der Waals surface area contributed by atoms with Gasteiger partial charge in [-0.05, 0) is 79.6 Å². The van der Waals surface area contributed by atoms with Gasteiger partial charge in [-0.15, -0.1) is 5.92 Å². The smallest absolute Gasteiger partial charge is 0.328 e. The molecule has 0 spiro atoms. The van der Waals surface area contributed by atoms with Crippen molar-refractivity contribution >= 4 is 16.8 Å². The van der Waals surface area contributed by atoms with E-state index < -0.39 is 17.8 Å². The molecule has 5 aromatic rings. The lowest BCUT2D eigenvalue weighted by atomic mass is 10.1. The quantitative estimate of drug-likeness (QED) is 0.206. The molecule has 0 fully saturated rings. The number of para-hydroxylation sites is 1. The molecule has 0 aliphatic carbocycles. The first-order chi connectivity index (χ1) is 20.7. The summed E-state index contributed by atoms with van der Waals surface area (Å²) in [5.74, 6) is 5.83. The highest BCUT2D eigenvalue weighted by atomic mass is 19.4. The van der Waals surface area contributed by atoms with Crippen molar-refractivity contribution in [2.24, 2.45) is 0 Å². The first kappa shape index (κ1) is 29.3. The number of hydrogen-bond donors (Lipinski definition) is 0. The van der Waals surface area contributed by atoms with Gasteiger partial charge in [0.25, 0.3) is 5.56 Å². The fourth-order valence-corrected chi connectivity index (χ4v) is 4.87. The van der Waals surface area contributed by atoms with Crippen LogP contribution in [0.25, 0.3) is 16.6 Å². The average Bonchev–Trinajstić information content (AvgIpc) is 3.00. The van der Waals surface area contributed by atoms with E-state index in [1.807, 2.05) is 18.2 Å². The molecule has 1 amide bonds. The zero-order valence-electron chi connectivity index (χ0n) is 23.5. The van der Waals surface area contributed by atoms with E-state index in [1.165, 1.54) is 16.7 Å². The number of pyridine rings is 1. The van der Waals surface area contributed by atoms with Gasteiger partial charge in [-0.3, -0.25) is 19.1 Å². The van der Waals surface area contributed by atoms with Crippen molar-refractivity contribution in [3.05, 3.63) is 136 Å². The van der Waals surface area contributed by atoms with Crippen LogP contribution in [0.3, 0.4) is 0 Å². The number of hydrogen-bond acceptors (Lipinski definition) is 4. The fraction of sp³-hybridized carbons (Fsp3) is 0.176. The molecule has 1 atom stereocenters. The Hall–Kier alpha value is -5.23. The number of carbonyl (C=O) groups is 1. The molecule has 6 nitrogen and oxygen atoms in total. The molecular formula is C34H27F3N4O2. The molecular weight excluding hydrogens is 553 g/mol. The summed E-state index contributed by atoms with van der Waals surface area (Å²) in [6.45, 7) is 3.66. The lowest BCUT2D eigenvalue weighted by molar-refractivity contribution is -0.137. The fourth-order valence-electron chi connectivity index (χ4n) is 4.87. The van der Waals surface area contributed by atoms with E-state index in [2.05, 4.69) is 16.8 Å². The van der Waals surface area contributed by atoms with Crippen molar-refractivity contribution in [3.63, 3.8) is 0 Å². The molecule has 0 saturated heterocycles. The molecule has 3 aromatic carbocycles. The maximum Gasteiger partial charge on any atom is 0.416 e. The van der Waals surface area contributed by atoms with Gasteiger partial charge in [-0.25, -0.2) is 4.98 Å². The number of nitrogens with zero attached hydrogens (tertiary/aromatic N) is 4. The van der Waals surface area contributed by atoms with E-state index in [0.29, 0.717) is 28.0 Å². The van der Waals surface area contributed by atoms with Crippen LogP contribution < -0.4 is 5.56 Å². The van der Waals surface area contributed by atoms with Crippen molar-refractivity contribution in [2.75, 3.05) is 0 Å². The van der Waals surface area contributed by atoms with Gasteiger partial charge in [0.1, 0.15) is 5.82 Å². The van der Waals surface area contributed by atoms with Gasteiger partial charge >= 0.3 is 6.18 Å². The van der Waals surface area contributed by atoms with Crippen molar-refractivity contribution < 1.29 is 18.0 Å². The maximum absolute atomic E-state index is 13.9. The van der Waals surface area contributed by atoms with Crippen LogP contribution in [0, 0.1) is 11.8 Å². The minimum atomic E-state index is -4.48. The van der Waals surface area contributed by atoms with Crippen molar-refractivity contribution in [2.45, 2.75) is 39.0 Å². The standard InChI is InChI=1S/C34H27F3N4O2/c1-3-7-24-13-17-28(18-14-24)41-32(39-30-10-5-4-9-29(30)33(41)43)23(2)40(22-26-8-6-19-38-21-26)31(42)20-25-11-15-27(16-12-25)34(35,36)37/h4-6,8-19,21,23H,20,22H2,1-2H3. The van der Waals surface area contributed by atoms with E-state index >= 15 is 0 Å². The Morgan fingerprint density at radius 2 is 1.67 bits per heavy atom. The molecule has 0 N–H and O–H groups in total. The maximum atomic E-state index is 13.9. The van der Waals surface area contributed by atoms with Crippen LogP contribution in [-0.2, 0) is 23.9 Å². The lowest BCUT2D eigenvalue weighted by Gasteiger charge is -2.31. The van der Waals surface area contributed by atoms with Crippen molar-refractivity contribution in [1.29, 1.82) is 0 Å². The topological polar surface area (TPSA) is 68.1 Å². The highest BCUT2D eigenvalue weighted by Crippen LogP contribution is 2.30. The Bertz CT molecular complexity index is 1870. The summed E-state index contributed by atoms with van der Waals surface area (Å²) < 4.78 is 40.8. The van der Waals surface area contributed by atoms with E-state index in [-0.39, 0.29) is 24.4 Å². The number of fused-ring (bicyclic) bond motifs is 1. The van der Waals surface area contributed by atoms with E-state index in [0.717, 1.165) is 23.3 Å². The Kier molecular flexibility index (Phi) is 8.39. The Morgan fingerprint density at radius 3 is 2.33 bits per heavy atom. The molecule has 0 radical (unpaired) electrons. The number of aromatic nitrogens is 3. The van der Waals surface area contributed by atoms with E-state index in [4.69, 9.17) is 4.98 Å². The normalized spacial score (nSPS) is 11.9.